The maximum atomic E-state index is 7.33. The van der Waals surface area contributed by atoms with E-state index in [2.05, 4.69) is 16.9 Å². The van der Waals surface area contributed by atoms with E-state index in [9.17, 15) is 0 Å². The number of rotatable bonds is 6. The fourth-order valence-electron chi connectivity index (χ4n) is 1.53. The minimum Gasteiger partial charge on any atom is -0.387 e. The number of nitrogens with two attached hydrogens (primary N) is 1. The number of nitrogens with one attached hydrogen (secondary N) is 1. The lowest BCUT2D eigenvalue weighted by Crippen LogP contribution is -2.33. The van der Waals surface area contributed by atoms with Crippen molar-refractivity contribution in [2.24, 2.45) is 11.7 Å². The highest BCUT2D eigenvalue weighted by Crippen LogP contribution is 2.01. The van der Waals surface area contributed by atoms with Crippen LogP contribution in [0.1, 0.15) is 12.5 Å². The normalized spacial score (nSPS) is 12.7. The molecule has 0 aromatic carbocycles. The molecule has 16 heavy (non-hydrogen) atoms. The Hall–Kier alpha value is -1.42. The molecule has 0 saturated heterocycles. The molecule has 0 amide bonds. The van der Waals surface area contributed by atoms with Gasteiger partial charge in [0, 0.05) is 31.4 Å². The third kappa shape index (κ3) is 4.40. The Bertz CT molecular complexity index is 323. The molecule has 1 aromatic heterocycles. The molecule has 4 heteroatoms. The van der Waals surface area contributed by atoms with Crippen LogP contribution in [-0.4, -0.2) is 35.9 Å². The lowest BCUT2D eigenvalue weighted by atomic mass is 10.1. The second-order valence-corrected chi connectivity index (χ2v) is 4.22. The maximum absolute atomic E-state index is 7.33. The van der Waals surface area contributed by atoms with Gasteiger partial charge in [0.1, 0.15) is 0 Å². The van der Waals surface area contributed by atoms with Gasteiger partial charge in [0.25, 0.3) is 0 Å². The van der Waals surface area contributed by atoms with Gasteiger partial charge in [0.05, 0.1) is 5.84 Å². The van der Waals surface area contributed by atoms with Crippen molar-refractivity contribution in [1.82, 2.24) is 9.88 Å². The average Bonchev–Trinajstić information content (AvgIpc) is 2.27. The lowest BCUT2D eigenvalue weighted by Gasteiger charge is -2.20. The summed E-state index contributed by atoms with van der Waals surface area (Å²) in [6.45, 7) is 3.79. The first-order chi connectivity index (χ1) is 7.59. The molecule has 1 unspecified atom stereocenters. The van der Waals surface area contributed by atoms with Crippen LogP contribution in [0.3, 0.4) is 0 Å². The van der Waals surface area contributed by atoms with Crippen LogP contribution in [0.2, 0.25) is 0 Å². The smallest absolute Gasteiger partial charge is 0.0947 e. The van der Waals surface area contributed by atoms with E-state index in [1.807, 2.05) is 31.5 Å². The van der Waals surface area contributed by atoms with E-state index in [0.29, 0.717) is 0 Å². The van der Waals surface area contributed by atoms with E-state index >= 15 is 0 Å². The van der Waals surface area contributed by atoms with Crippen molar-refractivity contribution in [3.05, 3.63) is 30.1 Å². The molecule has 1 aromatic rings. The predicted molar refractivity (Wildman–Crippen MR) is 66.5 cm³/mol. The third-order valence-corrected chi connectivity index (χ3v) is 2.65. The molecule has 0 bridgehead atoms. The molecular formula is C12H20N4. The van der Waals surface area contributed by atoms with Gasteiger partial charge in [-0.05, 0) is 31.2 Å². The Kier molecular flexibility index (Phi) is 4.92. The molecule has 1 rings (SSSR count). The third-order valence-electron chi connectivity index (χ3n) is 2.65. The zero-order valence-electron chi connectivity index (χ0n) is 9.98. The SMILES string of the molecule is CC(CN(C)CCc1ccncc1)C(=N)N. The van der Waals surface area contributed by atoms with Crippen molar-refractivity contribution in [2.45, 2.75) is 13.3 Å². The number of nitrogens with zero attached hydrogens (tertiary/aromatic N) is 2. The summed E-state index contributed by atoms with van der Waals surface area (Å²) in [5.41, 5.74) is 6.73. The van der Waals surface area contributed by atoms with Gasteiger partial charge in [-0.1, -0.05) is 6.92 Å². The van der Waals surface area contributed by atoms with Crippen molar-refractivity contribution in [2.75, 3.05) is 20.1 Å². The summed E-state index contributed by atoms with van der Waals surface area (Å²) in [6, 6.07) is 4.06. The summed E-state index contributed by atoms with van der Waals surface area (Å²) >= 11 is 0. The summed E-state index contributed by atoms with van der Waals surface area (Å²) < 4.78 is 0. The molecular weight excluding hydrogens is 200 g/mol. The van der Waals surface area contributed by atoms with Gasteiger partial charge in [0.15, 0.2) is 0 Å². The fraction of sp³-hybridized carbons (Fsp3) is 0.500. The first-order valence-corrected chi connectivity index (χ1v) is 5.51. The molecule has 1 atom stereocenters. The van der Waals surface area contributed by atoms with Crippen molar-refractivity contribution in [1.29, 1.82) is 5.41 Å². The largest absolute Gasteiger partial charge is 0.387 e. The number of hydrogen-bond acceptors (Lipinski definition) is 3. The van der Waals surface area contributed by atoms with E-state index < -0.39 is 0 Å². The highest BCUT2D eigenvalue weighted by molar-refractivity contribution is 5.79. The topological polar surface area (TPSA) is 66.0 Å². The molecule has 3 N–H and O–H groups in total. The number of amidine groups is 1. The quantitative estimate of drug-likeness (QED) is 0.558. The molecule has 0 aliphatic carbocycles. The Morgan fingerprint density at radius 3 is 2.69 bits per heavy atom. The van der Waals surface area contributed by atoms with Crippen LogP contribution in [0, 0.1) is 11.3 Å². The van der Waals surface area contributed by atoms with E-state index in [-0.39, 0.29) is 11.8 Å². The van der Waals surface area contributed by atoms with Gasteiger partial charge in [-0.3, -0.25) is 10.4 Å². The van der Waals surface area contributed by atoms with Gasteiger partial charge < -0.3 is 10.6 Å². The minimum absolute atomic E-state index is 0.127. The number of pyridine rings is 1. The zero-order valence-corrected chi connectivity index (χ0v) is 9.98. The molecule has 0 saturated carbocycles. The molecule has 1 heterocycles. The summed E-state index contributed by atoms with van der Waals surface area (Å²) in [5, 5.41) is 7.33. The summed E-state index contributed by atoms with van der Waals surface area (Å²) in [7, 11) is 2.06. The Morgan fingerprint density at radius 1 is 1.50 bits per heavy atom. The van der Waals surface area contributed by atoms with Gasteiger partial charge >= 0.3 is 0 Å². The molecule has 88 valence electrons. The average molecular weight is 220 g/mol. The standard InChI is InChI=1S/C12H20N4/c1-10(12(13)14)9-16(2)8-5-11-3-6-15-7-4-11/h3-4,6-7,10H,5,8-9H2,1-2H3,(H3,13,14). The summed E-state index contributed by atoms with van der Waals surface area (Å²) in [5.74, 6) is 0.387. The van der Waals surface area contributed by atoms with Crippen LogP contribution in [-0.2, 0) is 6.42 Å². The van der Waals surface area contributed by atoms with Gasteiger partial charge in [-0.15, -0.1) is 0 Å². The van der Waals surface area contributed by atoms with Crippen LogP contribution >= 0.6 is 0 Å². The molecule has 0 fully saturated rings. The van der Waals surface area contributed by atoms with Crippen molar-refractivity contribution < 1.29 is 0 Å². The van der Waals surface area contributed by atoms with Crippen LogP contribution in [0.15, 0.2) is 24.5 Å². The number of hydrogen-bond donors (Lipinski definition) is 2. The lowest BCUT2D eigenvalue weighted by molar-refractivity contribution is 0.317. The first-order valence-electron chi connectivity index (χ1n) is 5.51. The van der Waals surface area contributed by atoms with E-state index in [4.69, 9.17) is 11.1 Å². The molecule has 0 aliphatic rings. The molecule has 0 aliphatic heterocycles. The van der Waals surface area contributed by atoms with Gasteiger partial charge in [-0.25, -0.2) is 0 Å². The van der Waals surface area contributed by atoms with Gasteiger partial charge in [0.2, 0.25) is 0 Å². The van der Waals surface area contributed by atoms with Crippen LogP contribution < -0.4 is 5.73 Å². The minimum atomic E-state index is 0.127. The Morgan fingerprint density at radius 2 is 2.12 bits per heavy atom. The number of aromatic nitrogens is 1. The monoisotopic (exact) mass is 220 g/mol. The zero-order chi connectivity index (χ0) is 12.0. The van der Waals surface area contributed by atoms with Crippen LogP contribution in [0.5, 0.6) is 0 Å². The van der Waals surface area contributed by atoms with E-state index in [0.717, 1.165) is 19.5 Å². The summed E-state index contributed by atoms with van der Waals surface area (Å²) in [4.78, 5) is 6.19. The van der Waals surface area contributed by atoms with Gasteiger partial charge in [-0.2, -0.15) is 0 Å². The Labute approximate surface area is 97.0 Å². The fourth-order valence-corrected chi connectivity index (χ4v) is 1.53. The second kappa shape index (κ2) is 6.23. The van der Waals surface area contributed by atoms with E-state index in [1.165, 1.54) is 5.56 Å². The van der Waals surface area contributed by atoms with Crippen LogP contribution in [0.25, 0.3) is 0 Å². The van der Waals surface area contributed by atoms with Crippen LogP contribution in [0.4, 0.5) is 0 Å². The van der Waals surface area contributed by atoms with Crippen molar-refractivity contribution in [3.8, 4) is 0 Å². The Balaban J connectivity index is 2.30. The molecule has 0 radical (unpaired) electrons. The molecule has 4 nitrogen and oxygen atoms in total. The summed E-state index contributed by atoms with van der Waals surface area (Å²) in [6.07, 6.45) is 4.63. The van der Waals surface area contributed by atoms with Crippen molar-refractivity contribution in [3.63, 3.8) is 0 Å². The number of likely N-dealkylation sites (N-methyl/N-ethyl adjacent to an activating group) is 1. The van der Waals surface area contributed by atoms with Crippen molar-refractivity contribution >= 4 is 5.84 Å². The highest BCUT2D eigenvalue weighted by atomic mass is 15.1. The molecule has 0 spiro atoms. The second-order valence-electron chi connectivity index (χ2n) is 4.22. The van der Waals surface area contributed by atoms with E-state index in [1.54, 1.807) is 0 Å². The first kappa shape index (κ1) is 12.6. The highest BCUT2D eigenvalue weighted by Gasteiger charge is 2.08. The predicted octanol–water partition coefficient (Wildman–Crippen LogP) is 1.13. The maximum Gasteiger partial charge on any atom is 0.0947 e.